The van der Waals surface area contributed by atoms with Crippen LogP contribution in [-0.2, 0) is 16.8 Å². The summed E-state index contributed by atoms with van der Waals surface area (Å²) in [7, 11) is 0. The quantitative estimate of drug-likeness (QED) is 0.177. The molecule has 2 aliphatic rings. The molecule has 0 aliphatic carbocycles. The van der Waals surface area contributed by atoms with E-state index in [1.54, 1.807) is 0 Å². The number of hydrogen-bond acceptors (Lipinski definition) is 2. The Morgan fingerprint density at radius 2 is 0.459 bits per heavy atom. The minimum Gasteiger partial charge on any atom is -0.657 e. The largest absolute Gasteiger partial charge is 2.00 e. The average molecular weight is 840 g/mol. The van der Waals surface area contributed by atoms with Crippen molar-refractivity contribution in [1.82, 2.24) is 19.9 Å². The zero-order valence-electron chi connectivity index (χ0n) is 37.4. The first-order valence-electron chi connectivity index (χ1n) is 21.1. The zero-order chi connectivity index (χ0) is 42.3. The van der Waals surface area contributed by atoms with Crippen molar-refractivity contribution in [1.29, 1.82) is 0 Å². The van der Waals surface area contributed by atoms with Crippen LogP contribution < -0.4 is 9.97 Å². The van der Waals surface area contributed by atoms with Gasteiger partial charge >= 0.3 is 16.8 Å². The zero-order valence-corrected chi connectivity index (χ0v) is 38.4. The first-order chi connectivity index (χ1) is 28.7. The molecule has 305 valence electrons. The summed E-state index contributed by atoms with van der Waals surface area (Å²) in [5.41, 5.74) is 30.4. The van der Waals surface area contributed by atoms with Gasteiger partial charge in [0, 0.05) is 0 Å². The van der Waals surface area contributed by atoms with E-state index in [0.717, 1.165) is 89.4 Å². The van der Waals surface area contributed by atoms with Gasteiger partial charge in [-0.3, -0.25) is 0 Å². The summed E-state index contributed by atoms with van der Waals surface area (Å²) in [4.78, 5) is 22.4. The van der Waals surface area contributed by atoms with Crippen molar-refractivity contribution in [3.63, 3.8) is 0 Å². The van der Waals surface area contributed by atoms with Crippen molar-refractivity contribution in [2.24, 2.45) is 0 Å². The molecular weight excluding hydrogens is 788 g/mol. The summed E-state index contributed by atoms with van der Waals surface area (Å²) in [6, 6.07) is 26.9. The number of rotatable bonds is 4. The molecule has 7 aromatic rings. The fourth-order valence-electron chi connectivity index (χ4n) is 10.4. The van der Waals surface area contributed by atoms with Gasteiger partial charge in [0.25, 0.3) is 0 Å². The first kappa shape index (κ1) is 41.7. The molecular formula is C56H52CoN4. The van der Waals surface area contributed by atoms with Crippen molar-refractivity contribution < 1.29 is 16.8 Å². The van der Waals surface area contributed by atoms with E-state index in [-0.39, 0.29) is 16.8 Å². The van der Waals surface area contributed by atoms with Crippen LogP contribution in [0.4, 0.5) is 0 Å². The number of fused-ring (bicyclic) bond motifs is 8. The van der Waals surface area contributed by atoms with Crippen LogP contribution in [0, 0.1) is 83.1 Å². The van der Waals surface area contributed by atoms with Crippen molar-refractivity contribution in [2.45, 2.75) is 83.1 Å². The Morgan fingerprint density at radius 3 is 0.639 bits per heavy atom. The summed E-state index contributed by atoms with van der Waals surface area (Å²) >= 11 is 0. The Kier molecular flexibility index (Phi) is 10.8. The van der Waals surface area contributed by atoms with E-state index in [1.807, 2.05) is 0 Å². The maximum Gasteiger partial charge on any atom is 2.00 e. The van der Waals surface area contributed by atoms with Gasteiger partial charge in [0.05, 0.1) is 22.8 Å². The molecule has 5 heterocycles. The molecule has 0 saturated carbocycles. The molecule has 0 amide bonds. The first-order valence-corrected chi connectivity index (χ1v) is 21.1. The average Bonchev–Trinajstić information content (AvgIpc) is 3.99. The third-order valence-electron chi connectivity index (χ3n) is 12.3. The van der Waals surface area contributed by atoms with Crippen molar-refractivity contribution >= 4 is 46.4 Å². The van der Waals surface area contributed by atoms with E-state index in [1.165, 1.54) is 66.8 Å². The van der Waals surface area contributed by atoms with Crippen molar-refractivity contribution in [3.05, 3.63) is 162 Å². The Morgan fingerprint density at radius 1 is 0.279 bits per heavy atom. The number of benzene rings is 4. The number of nitrogens with zero attached hydrogens (tertiary/aromatic N) is 4. The summed E-state index contributed by atoms with van der Waals surface area (Å²) in [6.45, 7) is 26.3. The number of aryl methyl sites for hydroxylation is 12. The molecule has 9 rings (SSSR count). The monoisotopic (exact) mass is 839 g/mol. The standard InChI is InChI=1S/C56H52N4.Co/c1-29-21-33(5)49(34(6)22-29)53-41-13-15-43(57-41)54(50-35(7)23-30(2)24-36(50)8)45-17-19-47(59-45)56(52-39(11)27-32(4)28-40(52)12)48-20-18-46(60-48)55(44-16-14-42(53)58-44)51-37(9)25-31(3)26-38(51)10;/h13-28H,1-12H3;/q-2;+2. The summed E-state index contributed by atoms with van der Waals surface area (Å²) < 4.78 is 0. The second-order valence-electron chi connectivity index (χ2n) is 17.5. The van der Waals surface area contributed by atoms with Crippen LogP contribution in [0.25, 0.3) is 90.9 Å². The van der Waals surface area contributed by atoms with Crippen LogP contribution in [0.3, 0.4) is 0 Å². The molecule has 0 unspecified atom stereocenters. The van der Waals surface area contributed by atoms with Crippen LogP contribution >= 0.6 is 0 Å². The SMILES string of the molecule is Cc1cc(C)c(-c2c3nc(c(-c4c(C)cc(C)cc4C)c4ccc([n-]4)c(-c4c(C)cc(C)cc4C)c4nc(c(-c5c(C)cc(C)cc5C)c5ccc2[n-]5)C=C4)C=C3)c(C)c1.[Co+2]. The van der Waals surface area contributed by atoms with Gasteiger partial charge in [0.15, 0.2) is 0 Å². The van der Waals surface area contributed by atoms with E-state index in [2.05, 4.69) is 180 Å². The molecule has 0 N–H and O–H groups in total. The fraction of sp³-hybridized carbons (Fsp3) is 0.214. The molecule has 4 nitrogen and oxygen atoms in total. The smallest absolute Gasteiger partial charge is 0.657 e. The van der Waals surface area contributed by atoms with Crippen molar-refractivity contribution in [3.8, 4) is 44.5 Å². The van der Waals surface area contributed by atoms with Crippen LogP contribution in [0.5, 0.6) is 0 Å². The normalized spacial score (nSPS) is 12.0. The molecule has 61 heavy (non-hydrogen) atoms. The molecule has 8 bridgehead atoms. The molecule has 0 atom stereocenters. The van der Waals surface area contributed by atoms with Gasteiger partial charge in [-0.1, -0.05) is 95.1 Å². The van der Waals surface area contributed by atoms with Gasteiger partial charge < -0.3 is 9.97 Å². The van der Waals surface area contributed by atoms with E-state index in [9.17, 15) is 0 Å². The van der Waals surface area contributed by atoms with E-state index < -0.39 is 0 Å². The minimum atomic E-state index is 0. The molecule has 2 aliphatic heterocycles. The predicted octanol–water partition coefficient (Wildman–Crippen LogP) is 14.3. The van der Waals surface area contributed by atoms with Crippen LogP contribution in [0.2, 0.25) is 0 Å². The van der Waals surface area contributed by atoms with Crippen molar-refractivity contribution in [2.75, 3.05) is 0 Å². The Hall–Kier alpha value is -6.01. The third kappa shape index (κ3) is 7.24. The number of aromatic nitrogens is 4. The fourth-order valence-corrected chi connectivity index (χ4v) is 10.4. The molecule has 1 radical (unpaired) electrons. The van der Waals surface area contributed by atoms with Crippen LogP contribution in [-0.4, -0.2) is 9.97 Å². The molecule has 0 fully saturated rings. The van der Waals surface area contributed by atoms with Gasteiger partial charge in [-0.15, -0.1) is 22.1 Å². The second-order valence-corrected chi connectivity index (χ2v) is 17.5. The molecule has 0 saturated heterocycles. The van der Waals surface area contributed by atoms with Gasteiger partial charge in [-0.2, -0.15) is 0 Å². The van der Waals surface area contributed by atoms with E-state index in [4.69, 9.17) is 19.9 Å². The summed E-state index contributed by atoms with van der Waals surface area (Å²) in [5.74, 6) is 0. The van der Waals surface area contributed by atoms with E-state index in [0.29, 0.717) is 0 Å². The van der Waals surface area contributed by atoms with Gasteiger partial charge in [-0.25, -0.2) is 9.97 Å². The summed E-state index contributed by atoms with van der Waals surface area (Å²) in [6.07, 6.45) is 8.72. The van der Waals surface area contributed by atoms with Gasteiger partial charge in [0.2, 0.25) is 0 Å². The maximum atomic E-state index is 5.59. The maximum absolute atomic E-state index is 5.59. The van der Waals surface area contributed by atoms with E-state index >= 15 is 0 Å². The second kappa shape index (κ2) is 15.8. The Labute approximate surface area is 371 Å². The Bertz CT molecular complexity index is 2710. The molecule has 0 spiro atoms. The topological polar surface area (TPSA) is 54.0 Å². The molecule has 5 heteroatoms. The summed E-state index contributed by atoms with van der Waals surface area (Å²) in [5, 5.41) is 0. The third-order valence-corrected chi connectivity index (χ3v) is 12.3. The molecule has 3 aromatic heterocycles. The minimum absolute atomic E-state index is 0. The van der Waals surface area contributed by atoms with Gasteiger partial charge in [0.1, 0.15) is 0 Å². The number of hydrogen-bond donors (Lipinski definition) is 0. The van der Waals surface area contributed by atoms with Gasteiger partial charge in [-0.05, 0) is 196 Å². The Balaban J connectivity index is 0.00000514. The molecule has 4 aromatic carbocycles. The predicted molar refractivity (Wildman–Crippen MR) is 255 cm³/mol. The van der Waals surface area contributed by atoms with Crippen LogP contribution in [0.15, 0.2) is 72.8 Å². The van der Waals surface area contributed by atoms with Crippen LogP contribution in [0.1, 0.15) is 89.5 Å².